The quantitative estimate of drug-likeness (QED) is 0.0379. The number of hydrogen-bond acceptors (Lipinski definition) is 9. The summed E-state index contributed by atoms with van der Waals surface area (Å²) in [6.45, 7) is 4.07. The summed E-state index contributed by atoms with van der Waals surface area (Å²) >= 11 is 0. The predicted molar refractivity (Wildman–Crippen MR) is 212 cm³/mol. The van der Waals surface area contributed by atoms with Crippen molar-refractivity contribution in [3.05, 3.63) is 126 Å². The van der Waals surface area contributed by atoms with Crippen molar-refractivity contribution in [2.24, 2.45) is 0 Å². The number of sulfone groups is 1. The maximum absolute atomic E-state index is 13.5. The van der Waals surface area contributed by atoms with Gasteiger partial charge in [0.2, 0.25) is 26.8 Å². The van der Waals surface area contributed by atoms with Gasteiger partial charge in [0, 0.05) is 25.1 Å². The van der Waals surface area contributed by atoms with Gasteiger partial charge in [-0.25, -0.2) is 18.4 Å². The number of amides is 2. The lowest BCUT2D eigenvalue weighted by molar-refractivity contribution is -0.141. The number of benzene rings is 3. The number of nitrogens with zero attached hydrogens (tertiary/aromatic N) is 2. The Labute approximate surface area is 323 Å². The normalized spacial score (nSPS) is 13.1. The zero-order valence-electron chi connectivity index (χ0n) is 31.5. The van der Waals surface area contributed by atoms with E-state index < -0.39 is 45.4 Å². The first-order valence-electron chi connectivity index (χ1n) is 18.4. The number of carboxylic acid groups (broad SMARTS) is 1. The number of carbonyl (C=O) groups is 3. The van der Waals surface area contributed by atoms with Crippen LogP contribution in [-0.2, 0) is 29.8 Å². The van der Waals surface area contributed by atoms with Crippen LogP contribution in [0, 0.1) is 11.8 Å². The summed E-state index contributed by atoms with van der Waals surface area (Å²) in [5.41, 5.74) is 3.24. The smallest absolute Gasteiger partial charge is 0.325 e. The highest BCUT2D eigenvalue weighted by Gasteiger charge is 2.35. The molecule has 4 rings (SSSR count). The Bertz CT molecular complexity index is 1910. The molecule has 13 heteroatoms. The maximum Gasteiger partial charge on any atom is 0.325 e. The second-order valence-electron chi connectivity index (χ2n) is 13.4. The Hall–Kier alpha value is -5.42. The molecule has 0 aliphatic carbocycles. The first-order chi connectivity index (χ1) is 26.4. The summed E-state index contributed by atoms with van der Waals surface area (Å²) in [4.78, 5) is 45.1. The van der Waals surface area contributed by atoms with Gasteiger partial charge in [-0.1, -0.05) is 109 Å². The molecule has 0 unspecified atom stereocenters. The average Bonchev–Trinajstić information content (AvgIpc) is 3.18. The minimum atomic E-state index is -3.48. The molecule has 3 atom stereocenters. The molecule has 4 aromatic rings. The lowest BCUT2D eigenvalue weighted by atomic mass is 9.77. The molecule has 290 valence electrons. The van der Waals surface area contributed by atoms with E-state index in [1.807, 2.05) is 54.6 Å². The maximum atomic E-state index is 13.5. The zero-order valence-corrected chi connectivity index (χ0v) is 32.3. The SMILES string of the molecule is C[C@H](NC(=O)[C@H](C)NC(=O)[C@H](CCCCNC(c1ccccc1)(c1ccccc1)c1ccccc1)NCCCCC#Cc1cnc(S(C)(=O)=O)nc1)C(=O)O. The Morgan fingerprint density at radius 2 is 1.24 bits per heavy atom. The summed E-state index contributed by atoms with van der Waals surface area (Å²) in [5.74, 6) is 3.89. The van der Waals surface area contributed by atoms with E-state index >= 15 is 0 Å². The van der Waals surface area contributed by atoms with Gasteiger partial charge < -0.3 is 21.1 Å². The van der Waals surface area contributed by atoms with E-state index in [2.05, 4.69) is 79.5 Å². The van der Waals surface area contributed by atoms with Crippen LogP contribution in [0.1, 0.15) is 74.6 Å². The van der Waals surface area contributed by atoms with Gasteiger partial charge in [0.05, 0.1) is 17.1 Å². The van der Waals surface area contributed by atoms with Crippen LogP contribution >= 0.6 is 0 Å². The third kappa shape index (κ3) is 12.6. The van der Waals surface area contributed by atoms with Gasteiger partial charge in [-0.15, -0.1) is 0 Å². The molecule has 3 aromatic carbocycles. The van der Waals surface area contributed by atoms with E-state index in [9.17, 15) is 27.9 Å². The molecule has 0 fully saturated rings. The zero-order chi connectivity index (χ0) is 39.7. The van der Waals surface area contributed by atoms with Crippen LogP contribution in [0.4, 0.5) is 0 Å². The fourth-order valence-electron chi connectivity index (χ4n) is 6.08. The molecule has 1 heterocycles. The van der Waals surface area contributed by atoms with Crippen molar-refractivity contribution < 1.29 is 27.9 Å². The van der Waals surface area contributed by atoms with E-state index in [-0.39, 0.29) is 11.1 Å². The predicted octanol–water partition coefficient (Wildman–Crippen LogP) is 4.21. The molecule has 0 aliphatic heterocycles. The van der Waals surface area contributed by atoms with Crippen molar-refractivity contribution in [3.8, 4) is 11.8 Å². The standard InChI is InChI=1S/C42H50N6O6S/c1-31(38(49)48-32(2)40(51)52)47-39(50)37(43-27-17-5-4-9-19-33-29-44-41(45-30-33)55(3,53)54)26-16-18-28-46-42(34-20-10-6-11-21-34,35-22-12-7-13-23-35)36-24-14-8-15-25-36/h6-8,10-15,20-25,29-32,37,43,46H,4-5,16-18,26-28H2,1-3H3,(H,47,50)(H,48,49)(H,51,52)/t31-,32-,37-/m0/s1. The molecule has 0 saturated heterocycles. The molecular formula is C42H50N6O6S. The summed E-state index contributed by atoms with van der Waals surface area (Å²) in [6.07, 6.45) is 7.81. The highest BCUT2D eigenvalue weighted by molar-refractivity contribution is 7.90. The van der Waals surface area contributed by atoms with Crippen LogP contribution in [0.5, 0.6) is 0 Å². The summed E-state index contributed by atoms with van der Waals surface area (Å²) in [6, 6.07) is 28.4. The summed E-state index contributed by atoms with van der Waals surface area (Å²) in [7, 11) is -3.48. The fraction of sp³-hybridized carbons (Fsp3) is 0.357. The Morgan fingerprint density at radius 3 is 1.75 bits per heavy atom. The van der Waals surface area contributed by atoms with E-state index in [1.165, 1.54) is 26.2 Å². The largest absolute Gasteiger partial charge is 0.480 e. The van der Waals surface area contributed by atoms with Crippen molar-refractivity contribution in [3.63, 3.8) is 0 Å². The molecule has 5 N–H and O–H groups in total. The van der Waals surface area contributed by atoms with Gasteiger partial charge in [-0.05, 0) is 69.3 Å². The number of hydrogen-bond donors (Lipinski definition) is 5. The third-order valence-corrected chi connectivity index (χ3v) is 9.91. The second-order valence-corrected chi connectivity index (χ2v) is 15.3. The van der Waals surface area contributed by atoms with Crippen LogP contribution in [0.2, 0.25) is 0 Å². The minimum absolute atomic E-state index is 0.247. The minimum Gasteiger partial charge on any atom is -0.480 e. The number of nitrogens with one attached hydrogen (secondary N) is 4. The van der Waals surface area contributed by atoms with Gasteiger partial charge in [0.25, 0.3) is 0 Å². The average molecular weight is 767 g/mol. The van der Waals surface area contributed by atoms with Crippen molar-refractivity contribution in [2.45, 2.75) is 81.2 Å². The first kappa shape index (κ1) is 42.3. The van der Waals surface area contributed by atoms with Crippen LogP contribution < -0.4 is 21.3 Å². The van der Waals surface area contributed by atoms with Crippen LogP contribution in [-0.4, -0.2) is 78.7 Å². The highest BCUT2D eigenvalue weighted by atomic mass is 32.2. The molecule has 0 bridgehead atoms. The van der Waals surface area contributed by atoms with E-state index in [0.29, 0.717) is 37.9 Å². The van der Waals surface area contributed by atoms with Crippen molar-refractivity contribution in [1.29, 1.82) is 0 Å². The molecule has 0 spiro atoms. The van der Waals surface area contributed by atoms with Gasteiger partial charge in [-0.3, -0.25) is 19.7 Å². The number of aromatic nitrogens is 2. The Balaban J connectivity index is 1.39. The van der Waals surface area contributed by atoms with E-state index in [1.54, 1.807) is 0 Å². The monoisotopic (exact) mass is 766 g/mol. The third-order valence-electron chi connectivity index (χ3n) is 9.04. The van der Waals surface area contributed by atoms with Crippen LogP contribution in [0.25, 0.3) is 0 Å². The van der Waals surface area contributed by atoms with Crippen molar-refractivity contribution in [1.82, 2.24) is 31.2 Å². The number of aliphatic carboxylic acids is 1. The van der Waals surface area contributed by atoms with Gasteiger partial charge in [-0.2, -0.15) is 0 Å². The Morgan fingerprint density at radius 1 is 0.727 bits per heavy atom. The number of carbonyl (C=O) groups excluding carboxylic acids is 2. The molecular weight excluding hydrogens is 717 g/mol. The van der Waals surface area contributed by atoms with Crippen LogP contribution in [0.3, 0.4) is 0 Å². The molecule has 12 nitrogen and oxygen atoms in total. The lowest BCUT2D eigenvalue weighted by Gasteiger charge is -2.37. The highest BCUT2D eigenvalue weighted by Crippen LogP contribution is 2.36. The van der Waals surface area contributed by atoms with E-state index in [0.717, 1.165) is 42.2 Å². The fourth-order valence-corrected chi connectivity index (χ4v) is 6.57. The molecule has 55 heavy (non-hydrogen) atoms. The van der Waals surface area contributed by atoms with Crippen LogP contribution in [0.15, 0.2) is 109 Å². The number of unbranched alkanes of at least 4 members (excludes halogenated alkanes) is 3. The first-order valence-corrected chi connectivity index (χ1v) is 20.3. The number of rotatable bonds is 20. The number of carboxylic acids is 1. The lowest BCUT2D eigenvalue weighted by Crippen LogP contribution is -2.53. The topological polar surface area (TPSA) is 179 Å². The van der Waals surface area contributed by atoms with Gasteiger partial charge >= 0.3 is 5.97 Å². The van der Waals surface area contributed by atoms with Crippen molar-refractivity contribution >= 4 is 27.6 Å². The van der Waals surface area contributed by atoms with Crippen molar-refractivity contribution in [2.75, 3.05) is 19.3 Å². The summed E-state index contributed by atoms with van der Waals surface area (Å²) < 4.78 is 23.2. The van der Waals surface area contributed by atoms with Gasteiger partial charge in [0.1, 0.15) is 12.1 Å². The molecule has 0 radical (unpaired) electrons. The molecule has 0 aliphatic rings. The molecule has 0 saturated carbocycles. The van der Waals surface area contributed by atoms with Gasteiger partial charge in [0.15, 0.2) is 0 Å². The summed E-state index contributed by atoms with van der Waals surface area (Å²) in [5, 5.41) is 21.3. The van der Waals surface area contributed by atoms with E-state index in [4.69, 9.17) is 0 Å². The Kier molecular flexibility index (Phi) is 16.1. The second kappa shape index (κ2) is 20.9. The molecule has 1 aromatic heterocycles. The molecule has 2 amide bonds.